The van der Waals surface area contributed by atoms with E-state index < -0.39 is 0 Å². The molecule has 5 heteroatoms. The third kappa shape index (κ3) is 3.82. The van der Waals surface area contributed by atoms with Crippen molar-refractivity contribution in [1.29, 1.82) is 0 Å². The summed E-state index contributed by atoms with van der Waals surface area (Å²) >= 11 is 5.68. The van der Waals surface area contributed by atoms with E-state index in [1.165, 1.54) is 18.9 Å². The zero-order valence-electron chi connectivity index (χ0n) is 10.5. The molecule has 1 aromatic carbocycles. The van der Waals surface area contributed by atoms with Crippen molar-refractivity contribution >= 4 is 24.0 Å². The van der Waals surface area contributed by atoms with Crippen LogP contribution in [0.3, 0.4) is 0 Å². The van der Waals surface area contributed by atoms with Crippen LogP contribution < -0.4 is 5.32 Å². The lowest BCUT2D eigenvalue weighted by atomic mass is 10.2. The second-order valence-electron chi connectivity index (χ2n) is 4.57. The minimum absolute atomic E-state index is 0. The van der Waals surface area contributed by atoms with Gasteiger partial charge in [0, 0.05) is 19.1 Å². The Hall–Kier alpha value is -0.350. The molecule has 1 aliphatic rings. The molecular weight excluding hydrogens is 274 g/mol. The number of nitrogens with one attached hydrogen (secondary N) is 1. The Bertz CT molecular complexity index is 387. The third-order valence-corrected chi connectivity index (χ3v) is 3.62. The second kappa shape index (κ2) is 7.29. The van der Waals surface area contributed by atoms with E-state index in [1.807, 2.05) is 13.1 Å². The van der Waals surface area contributed by atoms with Crippen molar-refractivity contribution in [2.45, 2.75) is 25.4 Å². The summed E-state index contributed by atoms with van der Waals surface area (Å²) < 4.78 is 13.3. The third-order valence-electron chi connectivity index (χ3n) is 3.31. The average Bonchev–Trinajstić information content (AvgIpc) is 2.72. The number of halogens is 3. The van der Waals surface area contributed by atoms with Gasteiger partial charge >= 0.3 is 0 Å². The highest BCUT2D eigenvalue weighted by Crippen LogP contribution is 2.21. The summed E-state index contributed by atoms with van der Waals surface area (Å²) in [5, 5.41) is 3.41. The quantitative estimate of drug-likeness (QED) is 0.917. The fourth-order valence-electron chi connectivity index (χ4n) is 2.44. The van der Waals surface area contributed by atoms with Gasteiger partial charge in [0.2, 0.25) is 0 Å². The summed E-state index contributed by atoms with van der Waals surface area (Å²) in [7, 11) is 1.97. The molecule has 2 rings (SSSR count). The van der Waals surface area contributed by atoms with E-state index in [-0.39, 0.29) is 23.2 Å². The second-order valence-corrected chi connectivity index (χ2v) is 4.98. The molecule has 1 atom stereocenters. The molecule has 1 aliphatic heterocycles. The maximum atomic E-state index is 13.3. The Morgan fingerprint density at radius 1 is 1.50 bits per heavy atom. The smallest absolute Gasteiger partial charge is 0.142 e. The lowest BCUT2D eigenvalue weighted by Gasteiger charge is -2.24. The van der Waals surface area contributed by atoms with Gasteiger partial charge in [-0.2, -0.15) is 0 Å². The van der Waals surface area contributed by atoms with Crippen molar-refractivity contribution in [3.05, 3.63) is 34.6 Å². The van der Waals surface area contributed by atoms with Gasteiger partial charge in [-0.05, 0) is 44.1 Å². The molecule has 1 heterocycles. The van der Waals surface area contributed by atoms with Crippen molar-refractivity contribution in [3.63, 3.8) is 0 Å². The summed E-state index contributed by atoms with van der Waals surface area (Å²) in [6, 6.07) is 5.64. The van der Waals surface area contributed by atoms with Crippen LogP contribution >= 0.6 is 24.0 Å². The lowest BCUT2D eigenvalue weighted by molar-refractivity contribution is 0.242. The maximum absolute atomic E-state index is 13.3. The van der Waals surface area contributed by atoms with Gasteiger partial charge in [-0.3, -0.25) is 4.90 Å². The Morgan fingerprint density at radius 3 is 2.94 bits per heavy atom. The Kier molecular flexibility index (Phi) is 6.36. The van der Waals surface area contributed by atoms with E-state index in [4.69, 9.17) is 11.6 Å². The Labute approximate surface area is 119 Å². The predicted molar refractivity (Wildman–Crippen MR) is 76.0 cm³/mol. The summed E-state index contributed by atoms with van der Waals surface area (Å²) in [6.45, 7) is 2.90. The fourth-order valence-corrected chi connectivity index (χ4v) is 2.56. The molecule has 0 radical (unpaired) electrons. The molecule has 0 spiro atoms. The van der Waals surface area contributed by atoms with Crippen LogP contribution in [0.15, 0.2) is 18.2 Å². The van der Waals surface area contributed by atoms with Gasteiger partial charge in [-0.1, -0.05) is 17.7 Å². The Balaban J connectivity index is 0.00000162. The number of nitrogens with zero attached hydrogens (tertiary/aromatic N) is 1. The van der Waals surface area contributed by atoms with E-state index in [2.05, 4.69) is 10.2 Å². The highest BCUT2D eigenvalue weighted by molar-refractivity contribution is 6.30. The lowest BCUT2D eigenvalue weighted by Crippen LogP contribution is -2.36. The van der Waals surface area contributed by atoms with Crippen LogP contribution in [0.2, 0.25) is 5.02 Å². The molecule has 0 amide bonds. The van der Waals surface area contributed by atoms with Gasteiger partial charge in [-0.15, -0.1) is 12.4 Å². The van der Waals surface area contributed by atoms with Gasteiger partial charge in [0.15, 0.2) is 0 Å². The average molecular weight is 293 g/mol. The summed E-state index contributed by atoms with van der Waals surface area (Å²) in [4.78, 5) is 2.40. The minimum atomic E-state index is -0.325. The first-order chi connectivity index (χ1) is 8.20. The normalized spacial score (nSPS) is 19.8. The van der Waals surface area contributed by atoms with Crippen molar-refractivity contribution in [3.8, 4) is 0 Å². The first-order valence-corrected chi connectivity index (χ1v) is 6.41. The first kappa shape index (κ1) is 15.7. The first-order valence-electron chi connectivity index (χ1n) is 6.03. The van der Waals surface area contributed by atoms with E-state index >= 15 is 0 Å². The topological polar surface area (TPSA) is 15.3 Å². The summed E-state index contributed by atoms with van der Waals surface area (Å²) in [6.07, 6.45) is 2.44. The van der Waals surface area contributed by atoms with Crippen LogP contribution in [0.5, 0.6) is 0 Å². The summed E-state index contributed by atoms with van der Waals surface area (Å²) in [5.41, 5.74) is 0.995. The van der Waals surface area contributed by atoms with E-state index in [1.54, 1.807) is 6.07 Å². The predicted octanol–water partition coefficient (Wildman–Crippen LogP) is 3.08. The molecule has 0 saturated carbocycles. The molecule has 0 aromatic heterocycles. The highest BCUT2D eigenvalue weighted by Gasteiger charge is 2.23. The highest BCUT2D eigenvalue weighted by atomic mass is 35.5. The molecule has 1 N–H and O–H groups in total. The van der Waals surface area contributed by atoms with Crippen molar-refractivity contribution in [2.75, 3.05) is 20.1 Å². The van der Waals surface area contributed by atoms with Gasteiger partial charge in [-0.25, -0.2) is 4.39 Å². The van der Waals surface area contributed by atoms with E-state index in [0.29, 0.717) is 6.04 Å². The van der Waals surface area contributed by atoms with Crippen molar-refractivity contribution in [2.24, 2.45) is 0 Å². The van der Waals surface area contributed by atoms with Gasteiger partial charge in [0.05, 0.1) is 5.02 Å². The van der Waals surface area contributed by atoms with Crippen LogP contribution in [0.4, 0.5) is 4.39 Å². The molecule has 102 valence electrons. The molecule has 1 unspecified atom stereocenters. The van der Waals surface area contributed by atoms with Crippen molar-refractivity contribution in [1.82, 2.24) is 10.2 Å². The van der Waals surface area contributed by atoms with Crippen LogP contribution in [0.25, 0.3) is 0 Å². The molecule has 0 bridgehead atoms. The fraction of sp³-hybridized carbons (Fsp3) is 0.538. The SMILES string of the molecule is CNCC1CCCN1Cc1ccc(Cl)c(F)c1.Cl. The molecule has 1 fully saturated rings. The number of likely N-dealkylation sites (N-methyl/N-ethyl adjacent to an activating group) is 1. The summed E-state index contributed by atoms with van der Waals surface area (Å²) in [5.74, 6) is -0.325. The standard InChI is InChI=1S/C13H18ClFN2.ClH/c1-16-8-11-3-2-6-17(11)9-10-4-5-12(14)13(15)7-10;/h4-5,7,11,16H,2-3,6,8-9H2,1H3;1H. The monoisotopic (exact) mass is 292 g/mol. The zero-order chi connectivity index (χ0) is 12.3. The number of rotatable bonds is 4. The maximum Gasteiger partial charge on any atom is 0.142 e. The van der Waals surface area contributed by atoms with Gasteiger partial charge < -0.3 is 5.32 Å². The largest absolute Gasteiger partial charge is 0.318 e. The van der Waals surface area contributed by atoms with Crippen LogP contribution in [-0.2, 0) is 6.54 Å². The minimum Gasteiger partial charge on any atom is -0.318 e. The van der Waals surface area contributed by atoms with Crippen LogP contribution in [0, 0.1) is 5.82 Å². The van der Waals surface area contributed by atoms with Crippen LogP contribution in [0.1, 0.15) is 18.4 Å². The van der Waals surface area contributed by atoms with E-state index in [0.717, 1.165) is 25.2 Å². The molecule has 1 aromatic rings. The van der Waals surface area contributed by atoms with Gasteiger partial charge in [0.25, 0.3) is 0 Å². The van der Waals surface area contributed by atoms with Crippen LogP contribution in [-0.4, -0.2) is 31.1 Å². The van der Waals surface area contributed by atoms with E-state index in [9.17, 15) is 4.39 Å². The number of hydrogen-bond acceptors (Lipinski definition) is 2. The number of hydrogen-bond donors (Lipinski definition) is 1. The number of benzene rings is 1. The van der Waals surface area contributed by atoms with Crippen molar-refractivity contribution < 1.29 is 4.39 Å². The molecule has 0 aliphatic carbocycles. The molecule has 1 saturated heterocycles. The molecule has 2 nitrogen and oxygen atoms in total. The molecule has 18 heavy (non-hydrogen) atoms. The Morgan fingerprint density at radius 2 is 2.28 bits per heavy atom. The van der Waals surface area contributed by atoms with Gasteiger partial charge in [0.1, 0.15) is 5.82 Å². The molecular formula is C13H19Cl2FN2. The zero-order valence-corrected chi connectivity index (χ0v) is 12.0. The number of likely N-dealkylation sites (tertiary alicyclic amines) is 1.